The van der Waals surface area contributed by atoms with E-state index < -0.39 is 10.0 Å². The smallest absolute Gasteiger partial charge is 0.211 e. The van der Waals surface area contributed by atoms with E-state index in [0.717, 1.165) is 19.5 Å². The molecule has 0 aliphatic heterocycles. The summed E-state index contributed by atoms with van der Waals surface area (Å²) in [6, 6.07) is 10.5. The Morgan fingerprint density at radius 1 is 1.11 bits per heavy atom. The summed E-state index contributed by atoms with van der Waals surface area (Å²) < 4.78 is 27.6. The van der Waals surface area contributed by atoms with Gasteiger partial charge in [0.1, 0.15) is 0 Å². The Morgan fingerprint density at radius 3 is 2.63 bits per heavy atom. The van der Waals surface area contributed by atoms with Gasteiger partial charge < -0.3 is 15.2 Å². The van der Waals surface area contributed by atoms with Crippen LogP contribution in [0.2, 0.25) is 0 Å². The number of para-hydroxylation sites is 1. The van der Waals surface area contributed by atoms with Crippen LogP contribution < -0.4 is 15.4 Å². The van der Waals surface area contributed by atoms with Crippen molar-refractivity contribution in [3.63, 3.8) is 0 Å². The van der Waals surface area contributed by atoms with E-state index in [0.29, 0.717) is 25.6 Å². The van der Waals surface area contributed by atoms with E-state index in [2.05, 4.69) is 55.4 Å². The summed E-state index contributed by atoms with van der Waals surface area (Å²) in [5.41, 5.74) is 1.24. The number of aliphatic imine (C=N–C) groups is 1. The largest absolute Gasteiger partial charge is 0.357 e. The number of nitrogens with one attached hydrogen (secondary N) is 3. The van der Waals surface area contributed by atoms with Crippen molar-refractivity contribution in [1.29, 1.82) is 0 Å². The number of aromatic nitrogens is 1. The van der Waals surface area contributed by atoms with Crippen LogP contribution in [0.4, 0.5) is 0 Å². The molecule has 0 unspecified atom stereocenters. The molecule has 1 aromatic carbocycles. The number of nitrogens with zero attached hydrogens (tertiary/aromatic N) is 2. The molecule has 0 atom stereocenters. The maximum absolute atomic E-state index is 11.4. The number of guanidine groups is 1. The second kappa shape index (κ2) is 12.2. The Labute approximate surface area is 179 Å². The van der Waals surface area contributed by atoms with Crippen molar-refractivity contribution >= 4 is 50.9 Å². The van der Waals surface area contributed by atoms with Crippen molar-refractivity contribution < 1.29 is 8.42 Å². The zero-order valence-electron chi connectivity index (χ0n) is 15.9. The first-order valence-corrected chi connectivity index (χ1v) is 10.7. The van der Waals surface area contributed by atoms with Crippen molar-refractivity contribution in [1.82, 2.24) is 19.9 Å². The van der Waals surface area contributed by atoms with E-state index in [9.17, 15) is 8.42 Å². The molecule has 2 aromatic rings. The fourth-order valence-corrected chi connectivity index (χ4v) is 3.22. The third kappa shape index (κ3) is 8.06. The normalized spacial score (nSPS) is 12.0. The number of halogens is 1. The lowest BCUT2D eigenvalue weighted by Gasteiger charge is -2.12. The van der Waals surface area contributed by atoms with E-state index in [1.165, 1.54) is 10.9 Å². The second-order valence-corrected chi connectivity index (χ2v) is 8.00. The molecule has 1 heterocycles. The van der Waals surface area contributed by atoms with Crippen molar-refractivity contribution in [3.8, 4) is 0 Å². The van der Waals surface area contributed by atoms with Crippen LogP contribution in [0.5, 0.6) is 0 Å². The van der Waals surface area contributed by atoms with Gasteiger partial charge in [-0.25, -0.2) is 13.1 Å². The summed E-state index contributed by atoms with van der Waals surface area (Å²) in [6.07, 6.45) is 3.04. The molecule has 0 saturated carbocycles. The van der Waals surface area contributed by atoms with E-state index in [4.69, 9.17) is 0 Å². The van der Waals surface area contributed by atoms with Crippen LogP contribution in [0.3, 0.4) is 0 Å². The van der Waals surface area contributed by atoms with E-state index in [-0.39, 0.29) is 29.7 Å². The Hall–Kier alpha value is -1.33. The molecular weight excluding hydrogens is 477 g/mol. The fourth-order valence-electron chi connectivity index (χ4n) is 2.60. The number of hydrogen-bond donors (Lipinski definition) is 3. The summed E-state index contributed by atoms with van der Waals surface area (Å²) in [5.74, 6) is 0.801. The molecular formula is C18H30IN5O2S. The Kier molecular flexibility index (Phi) is 10.7. The average molecular weight is 507 g/mol. The highest BCUT2D eigenvalue weighted by Gasteiger charge is 2.05. The molecule has 7 nitrogen and oxygen atoms in total. The zero-order chi connectivity index (χ0) is 18.8. The molecule has 0 amide bonds. The molecule has 2 rings (SSSR count). The second-order valence-electron chi connectivity index (χ2n) is 5.91. The maximum atomic E-state index is 11.4. The first kappa shape index (κ1) is 23.7. The van der Waals surface area contributed by atoms with Crippen LogP contribution >= 0.6 is 24.0 Å². The molecule has 152 valence electrons. The van der Waals surface area contributed by atoms with Crippen molar-refractivity contribution in [2.75, 3.05) is 31.9 Å². The monoisotopic (exact) mass is 507 g/mol. The van der Waals surface area contributed by atoms with Crippen LogP contribution in [0.1, 0.15) is 20.3 Å². The van der Waals surface area contributed by atoms with Crippen LogP contribution in [0.25, 0.3) is 10.9 Å². The molecule has 1 aromatic heterocycles. The van der Waals surface area contributed by atoms with Crippen LogP contribution in [-0.4, -0.2) is 50.9 Å². The maximum Gasteiger partial charge on any atom is 0.211 e. The fraction of sp³-hybridized carbons (Fsp3) is 0.500. The molecule has 0 saturated heterocycles. The Morgan fingerprint density at radius 2 is 1.89 bits per heavy atom. The molecule has 0 aliphatic carbocycles. The van der Waals surface area contributed by atoms with Gasteiger partial charge in [-0.3, -0.25) is 4.99 Å². The van der Waals surface area contributed by atoms with E-state index >= 15 is 0 Å². The Balaban J connectivity index is 0.00000364. The zero-order valence-corrected chi connectivity index (χ0v) is 19.1. The summed E-state index contributed by atoms with van der Waals surface area (Å²) >= 11 is 0. The minimum Gasteiger partial charge on any atom is -0.357 e. The molecule has 9 heteroatoms. The highest BCUT2D eigenvalue weighted by molar-refractivity contribution is 14.0. The predicted molar refractivity (Wildman–Crippen MR) is 123 cm³/mol. The number of sulfonamides is 1. The summed E-state index contributed by atoms with van der Waals surface area (Å²) in [7, 11) is -3.15. The van der Waals surface area contributed by atoms with Crippen molar-refractivity contribution in [3.05, 3.63) is 36.5 Å². The molecule has 0 spiro atoms. The first-order valence-electron chi connectivity index (χ1n) is 9.09. The predicted octanol–water partition coefficient (Wildman–Crippen LogP) is 2.14. The number of aryl methyl sites for hydroxylation is 1. The van der Waals surface area contributed by atoms with Gasteiger partial charge >= 0.3 is 0 Å². The van der Waals surface area contributed by atoms with Gasteiger partial charge in [0, 0.05) is 44.4 Å². The van der Waals surface area contributed by atoms with Gasteiger partial charge in [-0.1, -0.05) is 18.2 Å². The van der Waals surface area contributed by atoms with Gasteiger partial charge in [-0.05, 0) is 37.8 Å². The molecule has 3 N–H and O–H groups in total. The summed E-state index contributed by atoms with van der Waals surface area (Å²) in [5, 5.41) is 7.57. The molecule has 0 radical (unpaired) electrons. The molecule has 27 heavy (non-hydrogen) atoms. The molecule has 0 bridgehead atoms. The highest BCUT2D eigenvalue weighted by atomic mass is 127. The lowest BCUT2D eigenvalue weighted by molar-refractivity contribution is 0.581. The van der Waals surface area contributed by atoms with Crippen LogP contribution in [0, 0.1) is 0 Å². The van der Waals surface area contributed by atoms with Gasteiger partial charge in [-0.15, -0.1) is 24.0 Å². The van der Waals surface area contributed by atoms with E-state index in [1.807, 2.05) is 13.0 Å². The number of hydrogen-bond acceptors (Lipinski definition) is 3. The average Bonchev–Trinajstić information content (AvgIpc) is 3.05. The summed E-state index contributed by atoms with van der Waals surface area (Å²) in [6.45, 7) is 6.82. The number of fused-ring (bicyclic) bond motifs is 1. The van der Waals surface area contributed by atoms with Crippen LogP contribution in [-0.2, 0) is 16.6 Å². The van der Waals surface area contributed by atoms with Crippen LogP contribution in [0.15, 0.2) is 41.5 Å². The van der Waals surface area contributed by atoms with Gasteiger partial charge in [-0.2, -0.15) is 0 Å². The van der Waals surface area contributed by atoms with Gasteiger partial charge in [0.25, 0.3) is 0 Å². The van der Waals surface area contributed by atoms with Gasteiger partial charge in [0.15, 0.2) is 5.96 Å². The van der Waals surface area contributed by atoms with E-state index in [1.54, 1.807) is 6.92 Å². The number of rotatable bonds is 10. The lowest BCUT2D eigenvalue weighted by Crippen LogP contribution is -2.41. The topological polar surface area (TPSA) is 87.5 Å². The molecule has 0 fully saturated rings. The molecule has 0 aliphatic rings. The third-order valence-corrected chi connectivity index (χ3v) is 5.37. The Bertz CT molecular complexity index is 820. The van der Waals surface area contributed by atoms with Gasteiger partial charge in [0.05, 0.1) is 5.75 Å². The number of benzene rings is 1. The third-order valence-electron chi connectivity index (χ3n) is 3.97. The standard InChI is InChI=1S/C18H29N5O2S.HI/c1-3-19-18(21-12-13-22-26(24,25)4-2)20-11-7-14-23-15-10-16-8-5-6-9-17(16)23;/h5-6,8-10,15,22H,3-4,7,11-14H2,1-2H3,(H2,19,20,21);1H. The quantitative estimate of drug-likeness (QED) is 0.199. The minimum absolute atomic E-state index is 0. The van der Waals surface area contributed by atoms with Crippen molar-refractivity contribution in [2.24, 2.45) is 4.99 Å². The summed E-state index contributed by atoms with van der Waals surface area (Å²) in [4.78, 5) is 4.55. The first-order chi connectivity index (χ1) is 12.6. The highest BCUT2D eigenvalue weighted by Crippen LogP contribution is 2.15. The minimum atomic E-state index is -3.15. The SMILES string of the molecule is CCNC(=NCCCn1ccc2ccccc21)NCCNS(=O)(=O)CC.I. The lowest BCUT2D eigenvalue weighted by atomic mass is 10.2. The van der Waals surface area contributed by atoms with Crippen molar-refractivity contribution in [2.45, 2.75) is 26.8 Å². The van der Waals surface area contributed by atoms with Gasteiger partial charge in [0.2, 0.25) is 10.0 Å².